The van der Waals surface area contributed by atoms with E-state index in [0.29, 0.717) is 22.7 Å². The number of allylic oxidation sites excluding steroid dienone is 1. The van der Waals surface area contributed by atoms with Crippen LogP contribution in [0.5, 0.6) is 5.75 Å². The molecule has 6 nitrogen and oxygen atoms in total. The number of aromatic nitrogens is 3. The predicted octanol–water partition coefficient (Wildman–Crippen LogP) is 1.32. The van der Waals surface area contributed by atoms with E-state index in [0.717, 1.165) is 11.5 Å². The number of Topliss-reactive ketones (excluding diaryl/α,β-unsaturated/α-hetero) is 1. The largest absolute Gasteiger partial charge is 0.497 e. The molecule has 7 heteroatoms. The normalized spacial score (nSPS) is 11.3. The van der Waals surface area contributed by atoms with Crippen LogP contribution in [0.3, 0.4) is 0 Å². The number of carbonyl (C=O) groups is 1. The number of nitrogens with zero attached hydrogens (tertiary/aromatic N) is 4. The number of methoxy groups -OCH3 is 1. The van der Waals surface area contributed by atoms with Crippen molar-refractivity contribution in [1.29, 1.82) is 0 Å². The van der Waals surface area contributed by atoms with Gasteiger partial charge in [0.05, 0.1) is 13.7 Å². The second kappa shape index (κ2) is 6.76. The number of hydrogen-bond acceptors (Lipinski definition) is 6. The first-order valence-corrected chi connectivity index (χ1v) is 6.70. The fourth-order valence-corrected chi connectivity index (χ4v) is 2.06. The molecule has 0 radical (unpaired) electrons. The molecule has 2 aromatic rings. The first-order valence-electron chi connectivity index (χ1n) is 5.92. The summed E-state index contributed by atoms with van der Waals surface area (Å²) < 4.78 is 10.4. The molecule has 1 heterocycles. The molecule has 0 N–H and O–H groups in total. The lowest BCUT2D eigenvalue weighted by atomic mass is 10.1. The van der Waals surface area contributed by atoms with Crippen LogP contribution in [0.2, 0.25) is 0 Å². The maximum Gasteiger partial charge on any atom is 0.223 e. The van der Waals surface area contributed by atoms with E-state index in [1.807, 2.05) is 0 Å². The van der Waals surface area contributed by atoms with Gasteiger partial charge in [-0.25, -0.2) is 9.67 Å². The molecule has 0 unspecified atom stereocenters. The van der Waals surface area contributed by atoms with Crippen LogP contribution in [0.15, 0.2) is 41.9 Å². The fourth-order valence-electron chi connectivity index (χ4n) is 1.54. The Morgan fingerprint density at radius 2 is 2.25 bits per heavy atom. The summed E-state index contributed by atoms with van der Waals surface area (Å²) in [6, 6.07) is 6.94. The molecule has 0 saturated heterocycles. The van der Waals surface area contributed by atoms with Gasteiger partial charge in [0, 0.05) is 17.1 Å². The van der Waals surface area contributed by atoms with Crippen LogP contribution < -0.4 is 9.54 Å². The van der Waals surface area contributed by atoms with Gasteiger partial charge >= 0.3 is 0 Å². The van der Waals surface area contributed by atoms with Crippen LogP contribution >= 0.6 is 11.5 Å². The Kier molecular flexibility index (Phi) is 4.78. The summed E-state index contributed by atoms with van der Waals surface area (Å²) in [5, 5.41) is 3.87. The van der Waals surface area contributed by atoms with Crippen LogP contribution in [-0.4, -0.2) is 33.8 Å². The molecule has 1 aromatic heterocycles. The first-order chi connectivity index (χ1) is 9.74. The third-order valence-corrected chi connectivity index (χ3v) is 3.22. The molecular formula is C13H14N4O2S. The number of ether oxygens (including phenoxy) is 1. The summed E-state index contributed by atoms with van der Waals surface area (Å²) in [6.45, 7) is 4.21. The summed E-state index contributed by atoms with van der Waals surface area (Å²) >= 11 is 1.15. The summed E-state index contributed by atoms with van der Waals surface area (Å²) in [5.41, 5.74) is 0.599. The van der Waals surface area contributed by atoms with E-state index < -0.39 is 0 Å². The Morgan fingerprint density at radius 1 is 1.50 bits per heavy atom. The van der Waals surface area contributed by atoms with E-state index in [9.17, 15) is 4.79 Å². The standard InChI is InChI=1S/C13H14N4O2S/c1-3-8-17-13(20-16-15-17)14-9-12(18)10-4-6-11(19-2)7-5-10/h3-7H,1,8-9H2,2H3. The van der Waals surface area contributed by atoms with Crippen LogP contribution in [0, 0.1) is 0 Å². The van der Waals surface area contributed by atoms with Crippen molar-refractivity contribution in [3.05, 3.63) is 47.3 Å². The second-order valence-corrected chi connectivity index (χ2v) is 4.59. The van der Waals surface area contributed by atoms with Crippen LogP contribution in [0.1, 0.15) is 10.4 Å². The molecular weight excluding hydrogens is 276 g/mol. The highest BCUT2D eigenvalue weighted by Gasteiger charge is 2.05. The van der Waals surface area contributed by atoms with E-state index in [2.05, 4.69) is 21.3 Å². The smallest absolute Gasteiger partial charge is 0.223 e. The third kappa shape index (κ3) is 3.39. The van der Waals surface area contributed by atoms with Gasteiger partial charge in [-0.15, -0.1) is 6.58 Å². The van der Waals surface area contributed by atoms with E-state index in [4.69, 9.17) is 4.74 Å². The van der Waals surface area contributed by atoms with Gasteiger partial charge < -0.3 is 4.74 Å². The van der Waals surface area contributed by atoms with Crippen molar-refractivity contribution in [3.63, 3.8) is 0 Å². The molecule has 20 heavy (non-hydrogen) atoms. The summed E-state index contributed by atoms with van der Waals surface area (Å²) in [7, 11) is 1.58. The van der Waals surface area contributed by atoms with Gasteiger partial charge in [-0.05, 0) is 24.3 Å². The van der Waals surface area contributed by atoms with Gasteiger partial charge in [-0.1, -0.05) is 15.8 Å². The minimum atomic E-state index is -0.0637. The van der Waals surface area contributed by atoms with E-state index >= 15 is 0 Å². The van der Waals surface area contributed by atoms with E-state index in [1.165, 1.54) is 0 Å². The molecule has 0 aliphatic rings. The molecule has 2 rings (SSSR count). The van der Waals surface area contributed by atoms with E-state index in [-0.39, 0.29) is 12.3 Å². The predicted molar refractivity (Wildman–Crippen MR) is 75.9 cm³/mol. The van der Waals surface area contributed by atoms with Crippen molar-refractivity contribution in [2.45, 2.75) is 6.54 Å². The van der Waals surface area contributed by atoms with Crippen LogP contribution in [-0.2, 0) is 6.54 Å². The monoisotopic (exact) mass is 290 g/mol. The zero-order valence-corrected chi connectivity index (χ0v) is 11.8. The van der Waals surface area contributed by atoms with Gasteiger partial charge in [0.1, 0.15) is 12.3 Å². The number of carbonyl (C=O) groups excluding carboxylic acids is 1. The highest BCUT2D eigenvalue weighted by Crippen LogP contribution is 2.11. The molecule has 0 bridgehead atoms. The minimum Gasteiger partial charge on any atom is -0.497 e. The molecule has 0 saturated carbocycles. The SMILES string of the molecule is C=CCn1nnsc1=NCC(=O)c1ccc(OC)cc1. The van der Waals surface area contributed by atoms with Gasteiger partial charge in [-0.3, -0.25) is 4.79 Å². The first kappa shape index (κ1) is 14.1. The quantitative estimate of drug-likeness (QED) is 0.594. The highest BCUT2D eigenvalue weighted by molar-refractivity contribution is 7.02. The van der Waals surface area contributed by atoms with Gasteiger partial charge in [0.15, 0.2) is 5.78 Å². The molecule has 0 aliphatic heterocycles. The van der Waals surface area contributed by atoms with Crippen molar-refractivity contribution in [2.75, 3.05) is 13.7 Å². The number of ketones is 1. The lowest BCUT2D eigenvalue weighted by Crippen LogP contribution is -2.17. The molecule has 0 amide bonds. The number of rotatable bonds is 6. The third-order valence-electron chi connectivity index (χ3n) is 2.56. The Morgan fingerprint density at radius 3 is 2.90 bits per heavy atom. The molecule has 0 fully saturated rings. The fraction of sp³-hybridized carbons (Fsp3) is 0.231. The van der Waals surface area contributed by atoms with Crippen molar-refractivity contribution < 1.29 is 9.53 Å². The summed E-state index contributed by atoms with van der Waals surface area (Å²) in [6.07, 6.45) is 1.70. The zero-order valence-electron chi connectivity index (χ0n) is 11.0. The summed E-state index contributed by atoms with van der Waals surface area (Å²) in [4.78, 5) is 16.8. The average Bonchev–Trinajstić information content (AvgIpc) is 2.92. The Bertz CT molecular complexity index is 658. The average molecular weight is 290 g/mol. The van der Waals surface area contributed by atoms with Crippen molar-refractivity contribution in [3.8, 4) is 5.75 Å². The zero-order chi connectivity index (χ0) is 14.4. The maximum absolute atomic E-state index is 12.0. The molecule has 0 aliphatic carbocycles. The molecule has 0 spiro atoms. The van der Waals surface area contributed by atoms with Crippen molar-refractivity contribution in [2.24, 2.45) is 4.99 Å². The minimum absolute atomic E-state index is 0.0628. The molecule has 104 valence electrons. The van der Waals surface area contributed by atoms with Crippen LogP contribution in [0.4, 0.5) is 0 Å². The van der Waals surface area contributed by atoms with Gasteiger partial charge in [0.2, 0.25) is 4.80 Å². The second-order valence-electron chi connectivity index (χ2n) is 3.88. The van der Waals surface area contributed by atoms with Crippen molar-refractivity contribution in [1.82, 2.24) is 14.4 Å². The van der Waals surface area contributed by atoms with E-state index in [1.54, 1.807) is 42.1 Å². The Balaban J connectivity index is 2.10. The maximum atomic E-state index is 12.0. The van der Waals surface area contributed by atoms with Gasteiger partial charge in [0.25, 0.3) is 0 Å². The topological polar surface area (TPSA) is 69.4 Å². The lowest BCUT2D eigenvalue weighted by molar-refractivity contribution is 0.100. The Labute approximate surface area is 120 Å². The molecule has 0 atom stereocenters. The van der Waals surface area contributed by atoms with Gasteiger partial charge in [-0.2, -0.15) is 0 Å². The highest BCUT2D eigenvalue weighted by atomic mass is 32.1. The number of benzene rings is 1. The number of hydrogen-bond donors (Lipinski definition) is 0. The van der Waals surface area contributed by atoms with Crippen LogP contribution in [0.25, 0.3) is 0 Å². The van der Waals surface area contributed by atoms with Crippen molar-refractivity contribution >= 4 is 17.3 Å². The lowest BCUT2D eigenvalue weighted by Gasteiger charge is -2.01. The molecule has 1 aromatic carbocycles. The Hall–Kier alpha value is -2.28. The summed E-state index contributed by atoms with van der Waals surface area (Å²) in [5.74, 6) is 0.653.